The number of alkyl halides is 3. The number of rotatable bonds is 4. The standard InChI is InChI=1S/C15H22F3N7O.HI/c1-11(26)24-7-9-25(10-8-24)14(19-2)22-6-5-21-13-20-4-3-12(23-13)15(16,17)18;/h3-4H,5-10H2,1-2H3,(H,19,22)(H,20,21,23);1H. The maximum Gasteiger partial charge on any atom is 0.433 e. The molecule has 27 heavy (non-hydrogen) atoms. The lowest BCUT2D eigenvalue weighted by atomic mass is 10.3. The Morgan fingerprint density at radius 2 is 1.85 bits per heavy atom. The molecule has 1 aliphatic heterocycles. The van der Waals surface area contributed by atoms with E-state index in [2.05, 4.69) is 25.6 Å². The minimum Gasteiger partial charge on any atom is -0.354 e. The van der Waals surface area contributed by atoms with E-state index in [9.17, 15) is 18.0 Å². The van der Waals surface area contributed by atoms with E-state index in [4.69, 9.17) is 0 Å². The topological polar surface area (TPSA) is 85.8 Å². The van der Waals surface area contributed by atoms with Crippen molar-refractivity contribution in [3.63, 3.8) is 0 Å². The normalized spacial score (nSPS) is 15.2. The predicted octanol–water partition coefficient (Wildman–Crippen LogP) is 1.26. The van der Waals surface area contributed by atoms with Crippen LogP contribution in [0.1, 0.15) is 12.6 Å². The van der Waals surface area contributed by atoms with Gasteiger partial charge in [0, 0.05) is 59.4 Å². The lowest BCUT2D eigenvalue weighted by molar-refractivity contribution is -0.141. The van der Waals surface area contributed by atoms with Crippen molar-refractivity contribution >= 4 is 41.8 Å². The molecular weight excluding hydrogens is 478 g/mol. The van der Waals surface area contributed by atoms with Gasteiger partial charge in [-0.1, -0.05) is 0 Å². The van der Waals surface area contributed by atoms with Crippen LogP contribution in [0.3, 0.4) is 0 Å². The van der Waals surface area contributed by atoms with Gasteiger partial charge in [-0.25, -0.2) is 9.97 Å². The fourth-order valence-corrected chi connectivity index (χ4v) is 2.52. The fourth-order valence-electron chi connectivity index (χ4n) is 2.52. The van der Waals surface area contributed by atoms with E-state index in [0.717, 1.165) is 12.3 Å². The summed E-state index contributed by atoms with van der Waals surface area (Å²) in [6, 6.07) is 0.825. The summed E-state index contributed by atoms with van der Waals surface area (Å²) in [6.45, 7) is 4.91. The lowest BCUT2D eigenvalue weighted by Gasteiger charge is -2.36. The molecule has 0 saturated carbocycles. The fraction of sp³-hybridized carbons (Fsp3) is 0.600. The van der Waals surface area contributed by atoms with Gasteiger partial charge in [0.15, 0.2) is 5.96 Å². The van der Waals surface area contributed by atoms with Gasteiger partial charge in [-0.3, -0.25) is 9.79 Å². The monoisotopic (exact) mass is 501 g/mol. The van der Waals surface area contributed by atoms with E-state index in [0.29, 0.717) is 45.2 Å². The average Bonchev–Trinajstić information content (AvgIpc) is 2.61. The zero-order valence-corrected chi connectivity index (χ0v) is 17.4. The van der Waals surface area contributed by atoms with Crippen LogP contribution < -0.4 is 10.6 Å². The Morgan fingerprint density at radius 3 is 2.41 bits per heavy atom. The van der Waals surface area contributed by atoms with Crippen molar-refractivity contribution in [2.24, 2.45) is 4.99 Å². The van der Waals surface area contributed by atoms with Crippen molar-refractivity contribution in [3.05, 3.63) is 18.0 Å². The molecule has 2 heterocycles. The first-order chi connectivity index (χ1) is 12.3. The summed E-state index contributed by atoms with van der Waals surface area (Å²) in [6.07, 6.45) is -3.43. The number of hydrogen-bond acceptors (Lipinski definition) is 5. The van der Waals surface area contributed by atoms with Crippen molar-refractivity contribution in [2.45, 2.75) is 13.1 Å². The first-order valence-electron chi connectivity index (χ1n) is 8.16. The number of aromatic nitrogens is 2. The summed E-state index contributed by atoms with van der Waals surface area (Å²) in [4.78, 5) is 26.6. The van der Waals surface area contributed by atoms with Crippen LogP contribution in [0, 0.1) is 0 Å². The number of nitrogens with zero attached hydrogens (tertiary/aromatic N) is 5. The highest BCUT2D eigenvalue weighted by Crippen LogP contribution is 2.27. The summed E-state index contributed by atoms with van der Waals surface area (Å²) < 4.78 is 37.8. The molecule has 0 bridgehead atoms. The van der Waals surface area contributed by atoms with Gasteiger partial charge < -0.3 is 20.4 Å². The number of carbonyl (C=O) groups is 1. The summed E-state index contributed by atoms with van der Waals surface area (Å²) in [5, 5.41) is 5.88. The molecule has 1 amide bonds. The van der Waals surface area contributed by atoms with E-state index in [1.807, 2.05) is 4.90 Å². The second-order valence-corrected chi connectivity index (χ2v) is 5.66. The van der Waals surface area contributed by atoms with E-state index >= 15 is 0 Å². The van der Waals surface area contributed by atoms with Crippen molar-refractivity contribution in [3.8, 4) is 0 Å². The lowest BCUT2D eigenvalue weighted by Crippen LogP contribution is -2.53. The van der Waals surface area contributed by atoms with Gasteiger partial charge in [-0.15, -0.1) is 24.0 Å². The first kappa shape index (κ1) is 23.2. The van der Waals surface area contributed by atoms with Crippen LogP contribution in [0.2, 0.25) is 0 Å². The number of nitrogens with one attached hydrogen (secondary N) is 2. The van der Waals surface area contributed by atoms with Crippen LogP contribution in [0.15, 0.2) is 17.3 Å². The zero-order chi connectivity index (χ0) is 19.2. The Morgan fingerprint density at radius 1 is 1.22 bits per heavy atom. The quantitative estimate of drug-likeness (QED) is 0.280. The molecule has 0 radical (unpaired) electrons. The van der Waals surface area contributed by atoms with Crippen LogP contribution in [-0.4, -0.2) is 78.0 Å². The number of halogens is 4. The third-order valence-corrected chi connectivity index (χ3v) is 3.87. The molecule has 0 atom stereocenters. The molecule has 1 aromatic rings. The number of amides is 1. The van der Waals surface area contributed by atoms with Crippen LogP contribution >= 0.6 is 24.0 Å². The molecule has 0 aromatic carbocycles. The van der Waals surface area contributed by atoms with Crippen molar-refractivity contribution in [2.75, 3.05) is 51.6 Å². The van der Waals surface area contributed by atoms with Crippen molar-refractivity contribution in [1.82, 2.24) is 25.1 Å². The molecule has 152 valence electrons. The van der Waals surface area contributed by atoms with Crippen molar-refractivity contribution in [1.29, 1.82) is 0 Å². The van der Waals surface area contributed by atoms with Crippen LogP contribution in [0.4, 0.5) is 19.1 Å². The molecule has 8 nitrogen and oxygen atoms in total. The van der Waals surface area contributed by atoms with Gasteiger partial charge in [-0.05, 0) is 6.07 Å². The van der Waals surface area contributed by atoms with Gasteiger partial charge in [0.1, 0.15) is 5.69 Å². The molecule has 0 aliphatic carbocycles. The zero-order valence-electron chi connectivity index (χ0n) is 15.1. The van der Waals surface area contributed by atoms with Crippen LogP contribution in [0.5, 0.6) is 0 Å². The summed E-state index contributed by atoms with van der Waals surface area (Å²) >= 11 is 0. The molecule has 12 heteroatoms. The van der Waals surface area contributed by atoms with Crippen molar-refractivity contribution < 1.29 is 18.0 Å². The number of guanidine groups is 1. The number of aliphatic imine (C=N–C) groups is 1. The third kappa shape index (κ3) is 6.99. The molecule has 0 unspecified atom stereocenters. The van der Waals surface area contributed by atoms with Crippen LogP contribution in [-0.2, 0) is 11.0 Å². The Balaban J connectivity index is 0.00000364. The maximum absolute atomic E-state index is 12.6. The summed E-state index contributed by atoms with van der Waals surface area (Å²) in [5.74, 6) is 0.657. The van der Waals surface area contributed by atoms with Gasteiger partial charge in [-0.2, -0.15) is 13.2 Å². The molecule has 2 rings (SSSR count). The highest BCUT2D eigenvalue weighted by molar-refractivity contribution is 14.0. The Hall–Kier alpha value is -1.86. The largest absolute Gasteiger partial charge is 0.433 e. The highest BCUT2D eigenvalue weighted by atomic mass is 127. The molecule has 0 spiro atoms. The number of carbonyl (C=O) groups excluding carboxylic acids is 1. The minimum absolute atomic E-state index is 0. The minimum atomic E-state index is -4.50. The number of anilines is 1. The number of hydrogen-bond donors (Lipinski definition) is 2. The van der Waals surface area contributed by atoms with Gasteiger partial charge >= 0.3 is 6.18 Å². The van der Waals surface area contributed by atoms with Gasteiger partial charge in [0.2, 0.25) is 11.9 Å². The van der Waals surface area contributed by atoms with Crippen LogP contribution in [0.25, 0.3) is 0 Å². The summed E-state index contributed by atoms with van der Waals surface area (Å²) in [7, 11) is 1.66. The Kier molecular flexibility index (Phi) is 8.99. The Bertz CT molecular complexity index is 649. The molecule has 1 aromatic heterocycles. The van der Waals surface area contributed by atoms with E-state index < -0.39 is 11.9 Å². The van der Waals surface area contributed by atoms with E-state index in [1.165, 1.54) is 0 Å². The van der Waals surface area contributed by atoms with E-state index in [1.54, 1.807) is 18.9 Å². The van der Waals surface area contributed by atoms with Gasteiger partial charge in [0.05, 0.1) is 0 Å². The number of piperazine rings is 1. The molecule has 1 fully saturated rings. The van der Waals surface area contributed by atoms with E-state index in [-0.39, 0.29) is 35.8 Å². The smallest absolute Gasteiger partial charge is 0.354 e. The SMILES string of the molecule is CN=C(NCCNc1nccc(C(F)(F)F)n1)N1CCN(C(C)=O)CC1.I. The summed E-state index contributed by atoms with van der Waals surface area (Å²) in [5.41, 5.74) is -0.984. The molecule has 1 aliphatic rings. The molecule has 2 N–H and O–H groups in total. The molecular formula is C15H23F3IN7O. The first-order valence-corrected chi connectivity index (χ1v) is 8.16. The second kappa shape index (κ2) is 10.5. The van der Waals surface area contributed by atoms with Gasteiger partial charge in [0.25, 0.3) is 0 Å². The second-order valence-electron chi connectivity index (χ2n) is 5.66. The third-order valence-electron chi connectivity index (χ3n) is 3.87. The highest BCUT2D eigenvalue weighted by Gasteiger charge is 2.32. The predicted molar refractivity (Wildman–Crippen MR) is 106 cm³/mol. The Labute approximate surface area is 172 Å². The average molecular weight is 501 g/mol. The maximum atomic E-state index is 12.6. The molecule has 1 saturated heterocycles.